The monoisotopic (exact) mass is 368 g/mol. The molecule has 1 saturated heterocycles. The van der Waals surface area contributed by atoms with Crippen LogP contribution in [0.2, 0.25) is 0 Å². The molecule has 5 nitrogen and oxygen atoms in total. The van der Waals surface area contributed by atoms with E-state index in [-0.39, 0.29) is 5.91 Å². The van der Waals surface area contributed by atoms with Gasteiger partial charge in [0.05, 0.1) is 14.2 Å². The zero-order valence-corrected chi connectivity index (χ0v) is 16.2. The molecule has 1 amide bonds. The second kappa shape index (κ2) is 9.31. The van der Waals surface area contributed by atoms with Crippen LogP contribution in [0, 0.1) is 0 Å². The van der Waals surface area contributed by atoms with E-state index in [0.717, 1.165) is 35.8 Å². The van der Waals surface area contributed by atoms with Gasteiger partial charge < -0.3 is 19.7 Å². The topological polar surface area (TPSA) is 50.8 Å². The molecule has 0 spiro atoms. The van der Waals surface area contributed by atoms with Crippen LogP contribution in [0.3, 0.4) is 0 Å². The normalized spacial score (nSPS) is 13.9. The van der Waals surface area contributed by atoms with Crippen LogP contribution in [0.15, 0.2) is 42.5 Å². The Morgan fingerprint density at radius 3 is 2.41 bits per heavy atom. The lowest BCUT2D eigenvalue weighted by Crippen LogP contribution is -2.29. The standard InChI is InChI=1S/C22H28N2O3/c1-26-20-11-12-21(27-2)17(16-20)6-13-22(25)23-18-7-9-19(10-8-18)24-14-4-3-5-15-24/h7-12,16H,3-6,13-15H2,1-2H3,(H,23,25). The zero-order valence-electron chi connectivity index (χ0n) is 16.2. The number of rotatable bonds is 7. The first-order chi connectivity index (χ1) is 13.2. The number of benzene rings is 2. The van der Waals surface area contributed by atoms with E-state index in [1.54, 1.807) is 14.2 Å². The van der Waals surface area contributed by atoms with Crippen molar-refractivity contribution in [3.8, 4) is 11.5 Å². The zero-order chi connectivity index (χ0) is 19.1. The van der Waals surface area contributed by atoms with Crippen LogP contribution in [0.5, 0.6) is 11.5 Å². The van der Waals surface area contributed by atoms with Gasteiger partial charge in [0.25, 0.3) is 0 Å². The van der Waals surface area contributed by atoms with Gasteiger partial charge in [0.1, 0.15) is 11.5 Å². The van der Waals surface area contributed by atoms with Crippen molar-refractivity contribution in [1.82, 2.24) is 0 Å². The molecule has 1 aliphatic rings. The SMILES string of the molecule is COc1ccc(OC)c(CCC(=O)Nc2ccc(N3CCCCC3)cc2)c1. The summed E-state index contributed by atoms with van der Waals surface area (Å²) in [4.78, 5) is 14.7. The molecule has 2 aromatic carbocycles. The van der Waals surface area contributed by atoms with Gasteiger partial charge in [0, 0.05) is 30.9 Å². The minimum absolute atomic E-state index is 0.00871. The lowest BCUT2D eigenvalue weighted by atomic mass is 10.1. The molecule has 144 valence electrons. The van der Waals surface area contributed by atoms with E-state index >= 15 is 0 Å². The lowest BCUT2D eigenvalue weighted by Gasteiger charge is -2.28. The average Bonchev–Trinajstić information content (AvgIpc) is 2.73. The fourth-order valence-corrected chi connectivity index (χ4v) is 3.46. The Balaban J connectivity index is 1.55. The third-order valence-electron chi connectivity index (χ3n) is 4.98. The number of nitrogens with one attached hydrogen (secondary N) is 1. The summed E-state index contributed by atoms with van der Waals surface area (Å²) < 4.78 is 10.6. The number of anilines is 2. The maximum atomic E-state index is 12.3. The summed E-state index contributed by atoms with van der Waals surface area (Å²) >= 11 is 0. The highest BCUT2D eigenvalue weighted by molar-refractivity contribution is 5.91. The lowest BCUT2D eigenvalue weighted by molar-refractivity contribution is -0.116. The first-order valence-corrected chi connectivity index (χ1v) is 9.55. The summed E-state index contributed by atoms with van der Waals surface area (Å²) in [5.74, 6) is 1.53. The molecule has 1 fully saturated rings. The molecule has 5 heteroatoms. The molecule has 0 aromatic heterocycles. The highest BCUT2D eigenvalue weighted by Gasteiger charge is 2.12. The van der Waals surface area contributed by atoms with Crippen molar-refractivity contribution in [2.24, 2.45) is 0 Å². The maximum Gasteiger partial charge on any atom is 0.224 e. The predicted octanol–water partition coefficient (Wildman–Crippen LogP) is 4.27. The Kier molecular flexibility index (Phi) is 6.58. The number of piperidine rings is 1. The Morgan fingerprint density at radius 1 is 1.00 bits per heavy atom. The second-order valence-electron chi connectivity index (χ2n) is 6.82. The minimum Gasteiger partial charge on any atom is -0.497 e. The Morgan fingerprint density at radius 2 is 1.74 bits per heavy atom. The summed E-state index contributed by atoms with van der Waals surface area (Å²) in [6.45, 7) is 2.24. The van der Waals surface area contributed by atoms with E-state index in [4.69, 9.17) is 9.47 Å². The molecular formula is C22H28N2O3. The van der Waals surface area contributed by atoms with E-state index < -0.39 is 0 Å². The number of carbonyl (C=O) groups is 1. The molecule has 1 N–H and O–H groups in total. The van der Waals surface area contributed by atoms with Crippen molar-refractivity contribution in [2.45, 2.75) is 32.1 Å². The molecule has 0 atom stereocenters. The van der Waals surface area contributed by atoms with Crippen LogP contribution >= 0.6 is 0 Å². The van der Waals surface area contributed by atoms with Gasteiger partial charge in [-0.2, -0.15) is 0 Å². The Labute approximate surface area is 161 Å². The third-order valence-corrected chi connectivity index (χ3v) is 4.98. The van der Waals surface area contributed by atoms with Gasteiger partial charge in [-0.1, -0.05) is 0 Å². The number of hydrogen-bond donors (Lipinski definition) is 1. The van der Waals surface area contributed by atoms with E-state index in [0.29, 0.717) is 12.8 Å². The van der Waals surface area contributed by atoms with Gasteiger partial charge >= 0.3 is 0 Å². The molecule has 0 bridgehead atoms. The first kappa shape index (κ1) is 19.1. The predicted molar refractivity (Wildman–Crippen MR) is 109 cm³/mol. The molecule has 1 aliphatic heterocycles. The van der Waals surface area contributed by atoms with Crippen LogP contribution in [-0.4, -0.2) is 33.2 Å². The Hall–Kier alpha value is -2.69. The largest absolute Gasteiger partial charge is 0.497 e. The number of amides is 1. The van der Waals surface area contributed by atoms with Gasteiger partial charge in [-0.15, -0.1) is 0 Å². The van der Waals surface area contributed by atoms with Crippen molar-refractivity contribution < 1.29 is 14.3 Å². The number of hydrogen-bond acceptors (Lipinski definition) is 4. The van der Waals surface area contributed by atoms with Crippen LogP contribution in [0.1, 0.15) is 31.2 Å². The molecule has 1 heterocycles. The molecule has 0 radical (unpaired) electrons. The van der Waals surface area contributed by atoms with Gasteiger partial charge in [0.2, 0.25) is 5.91 Å². The highest BCUT2D eigenvalue weighted by Crippen LogP contribution is 2.25. The van der Waals surface area contributed by atoms with Gasteiger partial charge in [-0.3, -0.25) is 4.79 Å². The van der Waals surface area contributed by atoms with Crippen molar-refractivity contribution in [1.29, 1.82) is 0 Å². The molecule has 27 heavy (non-hydrogen) atoms. The maximum absolute atomic E-state index is 12.3. The number of nitrogens with zero attached hydrogens (tertiary/aromatic N) is 1. The van der Waals surface area contributed by atoms with Gasteiger partial charge in [0.15, 0.2) is 0 Å². The van der Waals surface area contributed by atoms with E-state index in [1.807, 2.05) is 30.3 Å². The summed E-state index contributed by atoms with van der Waals surface area (Å²) in [6, 6.07) is 13.8. The van der Waals surface area contributed by atoms with Crippen molar-refractivity contribution in [3.05, 3.63) is 48.0 Å². The molecule has 3 rings (SSSR count). The second-order valence-corrected chi connectivity index (χ2v) is 6.82. The van der Waals surface area contributed by atoms with Crippen LogP contribution < -0.4 is 19.7 Å². The summed E-state index contributed by atoms with van der Waals surface area (Å²) in [6.07, 6.45) is 4.82. The number of ether oxygens (including phenoxy) is 2. The van der Waals surface area contributed by atoms with Crippen molar-refractivity contribution in [3.63, 3.8) is 0 Å². The smallest absolute Gasteiger partial charge is 0.224 e. The first-order valence-electron chi connectivity index (χ1n) is 9.55. The van der Waals surface area contributed by atoms with Crippen LogP contribution in [0.4, 0.5) is 11.4 Å². The molecule has 0 unspecified atom stereocenters. The number of methoxy groups -OCH3 is 2. The highest BCUT2D eigenvalue weighted by atomic mass is 16.5. The molecular weight excluding hydrogens is 340 g/mol. The fraction of sp³-hybridized carbons (Fsp3) is 0.409. The number of carbonyl (C=O) groups excluding carboxylic acids is 1. The van der Waals surface area contributed by atoms with E-state index in [9.17, 15) is 4.79 Å². The summed E-state index contributed by atoms with van der Waals surface area (Å²) in [7, 11) is 3.27. The van der Waals surface area contributed by atoms with Crippen molar-refractivity contribution in [2.75, 3.05) is 37.5 Å². The number of aryl methyl sites for hydroxylation is 1. The van der Waals surface area contributed by atoms with E-state index in [1.165, 1.54) is 24.9 Å². The minimum atomic E-state index is -0.00871. The van der Waals surface area contributed by atoms with E-state index in [2.05, 4.69) is 22.3 Å². The quantitative estimate of drug-likeness (QED) is 0.793. The van der Waals surface area contributed by atoms with Gasteiger partial charge in [-0.05, 0) is 73.7 Å². The fourth-order valence-electron chi connectivity index (χ4n) is 3.46. The van der Waals surface area contributed by atoms with Crippen LogP contribution in [0.25, 0.3) is 0 Å². The third kappa shape index (κ3) is 5.16. The average molecular weight is 368 g/mol. The van der Waals surface area contributed by atoms with Crippen LogP contribution in [-0.2, 0) is 11.2 Å². The molecule has 0 aliphatic carbocycles. The molecule has 2 aromatic rings. The Bertz CT molecular complexity index is 753. The van der Waals surface area contributed by atoms with Crippen molar-refractivity contribution >= 4 is 17.3 Å². The van der Waals surface area contributed by atoms with Gasteiger partial charge in [-0.25, -0.2) is 0 Å². The molecule has 0 saturated carbocycles. The summed E-state index contributed by atoms with van der Waals surface area (Å²) in [5.41, 5.74) is 3.03. The summed E-state index contributed by atoms with van der Waals surface area (Å²) in [5, 5.41) is 2.98.